The molecule has 2 aliphatic rings. The molecule has 1 aromatic carbocycles. The van der Waals surface area contributed by atoms with E-state index in [2.05, 4.69) is 31.6 Å². The summed E-state index contributed by atoms with van der Waals surface area (Å²) in [5, 5.41) is 10.5. The highest BCUT2D eigenvalue weighted by atomic mass is 35.5. The molecular formula is C20H15ClFN5O. The molecule has 0 atom stereocenters. The Morgan fingerprint density at radius 2 is 2.14 bits per heavy atom. The van der Waals surface area contributed by atoms with Gasteiger partial charge in [-0.2, -0.15) is 5.10 Å². The first-order chi connectivity index (χ1) is 13.7. The molecule has 0 saturated heterocycles. The molecular weight excluding hydrogens is 381 g/mol. The Balaban J connectivity index is 1.69. The second-order valence-corrected chi connectivity index (χ2v) is 6.90. The average molecular weight is 396 g/mol. The van der Waals surface area contributed by atoms with Crippen LogP contribution in [-0.4, -0.2) is 34.2 Å². The van der Waals surface area contributed by atoms with Crippen molar-refractivity contribution >= 4 is 34.5 Å². The van der Waals surface area contributed by atoms with Crippen LogP contribution in [-0.2, 0) is 4.74 Å². The molecule has 0 amide bonds. The first-order valence-electron chi connectivity index (χ1n) is 8.82. The van der Waals surface area contributed by atoms with Crippen molar-refractivity contribution < 1.29 is 9.13 Å². The zero-order chi connectivity index (χ0) is 19.1. The van der Waals surface area contributed by atoms with E-state index in [9.17, 15) is 4.39 Å². The van der Waals surface area contributed by atoms with Crippen molar-refractivity contribution in [1.82, 2.24) is 15.2 Å². The van der Waals surface area contributed by atoms with Crippen molar-refractivity contribution in [2.24, 2.45) is 4.99 Å². The fourth-order valence-electron chi connectivity index (χ4n) is 3.39. The Hall–Kier alpha value is -3.03. The summed E-state index contributed by atoms with van der Waals surface area (Å²) in [5.41, 5.74) is 4.58. The molecule has 4 heterocycles. The SMILES string of the molecule is Fc1cccc(Cl)c1C1=Nc2ncc(C3=CCOCC3)cc2-c2[nH]ncc2N1. The van der Waals surface area contributed by atoms with Gasteiger partial charge in [0.1, 0.15) is 11.7 Å². The molecule has 0 saturated carbocycles. The Morgan fingerprint density at radius 3 is 2.96 bits per heavy atom. The summed E-state index contributed by atoms with van der Waals surface area (Å²) >= 11 is 6.25. The van der Waals surface area contributed by atoms with E-state index in [4.69, 9.17) is 16.3 Å². The second kappa shape index (κ2) is 6.85. The van der Waals surface area contributed by atoms with Crippen LogP contribution >= 0.6 is 11.6 Å². The van der Waals surface area contributed by atoms with E-state index >= 15 is 0 Å². The monoisotopic (exact) mass is 395 g/mol. The van der Waals surface area contributed by atoms with Crippen molar-refractivity contribution in [3.63, 3.8) is 0 Å². The summed E-state index contributed by atoms with van der Waals surface area (Å²) < 4.78 is 19.9. The largest absolute Gasteiger partial charge is 0.377 e. The molecule has 0 unspecified atom stereocenters. The van der Waals surface area contributed by atoms with Crippen molar-refractivity contribution in [3.8, 4) is 11.3 Å². The fourth-order valence-corrected chi connectivity index (χ4v) is 3.64. The molecule has 140 valence electrons. The van der Waals surface area contributed by atoms with Crippen LogP contribution in [0.5, 0.6) is 0 Å². The summed E-state index contributed by atoms with van der Waals surface area (Å²) in [7, 11) is 0. The fraction of sp³-hybridized carbons (Fsp3) is 0.150. The number of amidine groups is 1. The maximum Gasteiger partial charge on any atom is 0.163 e. The number of fused-ring (bicyclic) bond motifs is 3. The number of benzene rings is 1. The predicted octanol–water partition coefficient (Wildman–Crippen LogP) is 4.57. The van der Waals surface area contributed by atoms with Crippen molar-refractivity contribution in [3.05, 3.63) is 64.7 Å². The third-order valence-electron chi connectivity index (χ3n) is 4.78. The number of aromatic nitrogens is 3. The van der Waals surface area contributed by atoms with E-state index in [1.165, 1.54) is 11.6 Å². The van der Waals surface area contributed by atoms with Gasteiger partial charge in [0.25, 0.3) is 0 Å². The Kier molecular flexibility index (Phi) is 4.18. The number of aromatic amines is 1. The van der Waals surface area contributed by atoms with Gasteiger partial charge in [0.15, 0.2) is 5.82 Å². The molecule has 5 rings (SSSR count). The highest BCUT2D eigenvalue weighted by molar-refractivity contribution is 6.35. The molecule has 2 aliphatic heterocycles. The number of hydrogen-bond donors (Lipinski definition) is 2. The minimum atomic E-state index is -0.462. The van der Waals surface area contributed by atoms with Crippen molar-refractivity contribution in [2.75, 3.05) is 18.5 Å². The standard InChI is InChI=1S/C20H15ClFN5O/c21-14-2-1-3-15(22)17(14)20-25-16-10-24-27-18(16)13-8-12(9-23-19(13)26-20)11-4-6-28-7-5-11/h1-4,8-10H,5-7H2,(H,24,27)(H,23,25,26). The minimum Gasteiger partial charge on any atom is -0.377 e. The van der Waals surface area contributed by atoms with Crippen LogP contribution in [0.4, 0.5) is 15.9 Å². The van der Waals surface area contributed by atoms with E-state index in [0.29, 0.717) is 24.7 Å². The number of aliphatic imine (C=N–C) groups is 1. The third kappa shape index (κ3) is 2.89. The molecule has 28 heavy (non-hydrogen) atoms. The van der Waals surface area contributed by atoms with Gasteiger partial charge in [0.2, 0.25) is 0 Å². The van der Waals surface area contributed by atoms with E-state index in [1.54, 1.807) is 24.5 Å². The summed E-state index contributed by atoms with van der Waals surface area (Å²) in [6.45, 7) is 1.28. The van der Waals surface area contributed by atoms with Gasteiger partial charge in [0.05, 0.1) is 41.4 Å². The molecule has 8 heteroatoms. The second-order valence-electron chi connectivity index (χ2n) is 6.49. The van der Waals surface area contributed by atoms with Crippen LogP contribution in [0.1, 0.15) is 17.5 Å². The number of ether oxygens (including phenoxy) is 1. The lowest BCUT2D eigenvalue weighted by Gasteiger charge is -2.14. The van der Waals surface area contributed by atoms with Crippen LogP contribution in [0.3, 0.4) is 0 Å². The summed E-state index contributed by atoms with van der Waals surface area (Å²) in [6, 6.07) is 6.55. The molecule has 2 N–H and O–H groups in total. The smallest absolute Gasteiger partial charge is 0.163 e. The molecule has 0 aliphatic carbocycles. The van der Waals surface area contributed by atoms with Crippen LogP contribution in [0.2, 0.25) is 5.02 Å². The van der Waals surface area contributed by atoms with Crippen LogP contribution < -0.4 is 5.32 Å². The number of rotatable bonds is 2. The van der Waals surface area contributed by atoms with Gasteiger partial charge >= 0.3 is 0 Å². The van der Waals surface area contributed by atoms with Crippen molar-refractivity contribution in [2.45, 2.75) is 6.42 Å². The third-order valence-corrected chi connectivity index (χ3v) is 5.09. The number of H-pyrrole nitrogens is 1. The minimum absolute atomic E-state index is 0.196. The van der Waals surface area contributed by atoms with Gasteiger partial charge in [-0.05, 0) is 35.8 Å². The van der Waals surface area contributed by atoms with Gasteiger partial charge in [-0.15, -0.1) is 0 Å². The average Bonchev–Trinajstić information content (AvgIpc) is 3.11. The zero-order valence-corrected chi connectivity index (χ0v) is 15.4. The van der Waals surface area contributed by atoms with Crippen LogP contribution in [0.25, 0.3) is 16.8 Å². The van der Waals surface area contributed by atoms with E-state index < -0.39 is 5.82 Å². The number of halogens is 2. The molecule has 0 radical (unpaired) electrons. The number of pyridine rings is 1. The van der Waals surface area contributed by atoms with Gasteiger partial charge < -0.3 is 10.1 Å². The topological polar surface area (TPSA) is 75.2 Å². The van der Waals surface area contributed by atoms with Crippen LogP contribution in [0.15, 0.2) is 47.7 Å². The van der Waals surface area contributed by atoms with E-state index in [1.807, 2.05) is 6.07 Å². The van der Waals surface area contributed by atoms with Crippen molar-refractivity contribution in [1.29, 1.82) is 0 Å². The number of anilines is 1. The molecule has 3 aromatic rings. The number of nitrogens with zero attached hydrogens (tertiary/aromatic N) is 3. The highest BCUT2D eigenvalue weighted by Gasteiger charge is 2.23. The maximum atomic E-state index is 14.5. The molecule has 0 fully saturated rings. The van der Waals surface area contributed by atoms with Crippen LogP contribution in [0, 0.1) is 5.82 Å². The van der Waals surface area contributed by atoms with E-state index in [-0.39, 0.29) is 16.4 Å². The Bertz CT molecular complexity index is 1120. The predicted molar refractivity (Wildman–Crippen MR) is 106 cm³/mol. The van der Waals surface area contributed by atoms with E-state index in [0.717, 1.165) is 23.2 Å². The number of hydrogen-bond acceptors (Lipinski definition) is 5. The number of nitrogens with one attached hydrogen (secondary N) is 2. The lowest BCUT2D eigenvalue weighted by atomic mass is 10.0. The normalized spacial score (nSPS) is 15.6. The first kappa shape index (κ1) is 17.1. The summed E-state index contributed by atoms with van der Waals surface area (Å²) in [4.78, 5) is 9.13. The maximum absolute atomic E-state index is 14.5. The molecule has 0 spiro atoms. The highest BCUT2D eigenvalue weighted by Crippen LogP contribution is 2.38. The van der Waals surface area contributed by atoms with Gasteiger partial charge in [0, 0.05) is 11.8 Å². The summed E-state index contributed by atoms with van der Waals surface area (Å²) in [6.07, 6.45) is 6.30. The van der Waals surface area contributed by atoms with Gasteiger partial charge in [-0.1, -0.05) is 23.7 Å². The molecule has 2 aromatic heterocycles. The lowest BCUT2D eigenvalue weighted by molar-refractivity contribution is 0.161. The quantitative estimate of drug-likeness (QED) is 0.666. The van der Waals surface area contributed by atoms with Gasteiger partial charge in [-0.25, -0.2) is 14.4 Å². The molecule has 6 nitrogen and oxygen atoms in total. The Morgan fingerprint density at radius 1 is 1.21 bits per heavy atom. The summed E-state index contributed by atoms with van der Waals surface area (Å²) in [5.74, 6) is 0.285. The lowest BCUT2D eigenvalue weighted by Crippen LogP contribution is -2.15. The zero-order valence-electron chi connectivity index (χ0n) is 14.7. The molecule has 0 bridgehead atoms. The Labute approximate surface area is 165 Å². The first-order valence-corrected chi connectivity index (χ1v) is 9.19. The van der Waals surface area contributed by atoms with Gasteiger partial charge in [-0.3, -0.25) is 5.10 Å².